The van der Waals surface area contributed by atoms with Gasteiger partial charge in [-0.1, -0.05) is 23.7 Å². The molecule has 0 unspecified atom stereocenters. The zero-order valence-electron chi connectivity index (χ0n) is 11.8. The SMILES string of the molecule is O=C(NCc1ccc(Cl)cc1)c1cnc(-n2cccn2)nc1O. The van der Waals surface area contributed by atoms with Crippen molar-refractivity contribution < 1.29 is 9.90 Å². The van der Waals surface area contributed by atoms with Crippen molar-refractivity contribution in [1.29, 1.82) is 0 Å². The van der Waals surface area contributed by atoms with E-state index < -0.39 is 11.8 Å². The quantitative estimate of drug-likeness (QED) is 0.763. The molecule has 0 spiro atoms. The van der Waals surface area contributed by atoms with E-state index in [2.05, 4.69) is 20.4 Å². The molecule has 8 heteroatoms. The topological polar surface area (TPSA) is 92.9 Å². The van der Waals surface area contributed by atoms with E-state index in [-0.39, 0.29) is 11.5 Å². The fourth-order valence-corrected chi connectivity index (χ4v) is 2.03. The smallest absolute Gasteiger partial charge is 0.258 e. The molecule has 0 aliphatic heterocycles. The van der Waals surface area contributed by atoms with Gasteiger partial charge in [-0.2, -0.15) is 10.1 Å². The molecule has 3 aromatic rings. The summed E-state index contributed by atoms with van der Waals surface area (Å²) in [6.45, 7) is 0.302. The van der Waals surface area contributed by atoms with Crippen molar-refractivity contribution in [2.45, 2.75) is 6.54 Å². The van der Waals surface area contributed by atoms with Crippen molar-refractivity contribution in [3.8, 4) is 11.8 Å². The Labute approximate surface area is 136 Å². The van der Waals surface area contributed by atoms with Crippen LogP contribution in [0.2, 0.25) is 5.02 Å². The van der Waals surface area contributed by atoms with Gasteiger partial charge >= 0.3 is 0 Å². The first-order valence-electron chi connectivity index (χ1n) is 6.72. The van der Waals surface area contributed by atoms with E-state index in [1.807, 2.05) is 0 Å². The van der Waals surface area contributed by atoms with Crippen molar-refractivity contribution in [2.24, 2.45) is 0 Å². The van der Waals surface area contributed by atoms with Crippen molar-refractivity contribution >= 4 is 17.5 Å². The van der Waals surface area contributed by atoms with E-state index in [1.54, 1.807) is 42.7 Å². The van der Waals surface area contributed by atoms with Gasteiger partial charge in [0.15, 0.2) is 0 Å². The third-order valence-electron chi connectivity index (χ3n) is 3.08. The molecule has 0 saturated heterocycles. The lowest BCUT2D eigenvalue weighted by atomic mass is 10.2. The van der Waals surface area contributed by atoms with Crippen LogP contribution in [0.15, 0.2) is 48.9 Å². The molecular weight excluding hydrogens is 318 g/mol. The fourth-order valence-electron chi connectivity index (χ4n) is 1.90. The van der Waals surface area contributed by atoms with Crippen LogP contribution in [0.4, 0.5) is 0 Å². The molecule has 116 valence electrons. The lowest BCUT2D eigenvalue weighted by Gasteiger charge is -2.07. The summed E-state index contributed by atoms with van der Waals surface area (Å²) in [7, 11) is 0. The van der Waals surface area contributed by atoms with Gasteiger partial charge in [0, 0.05) is 30.2 Å². The average molecular weight is 330 g/mol. The van der Waals surface area contributed by atoms with Gasteiger partial charge in [-0.25, -0.2) is 9.67 Å². The molecule has 0 atom stereocenters. The second-order valence-corrected chi connectivity index (χ2v) is 5.10. The normalized spacial score (nSPS) is 10.5. The number of benzene rings is 1. The molecule has 2 aromatic heterocycles. The lowest BCUT2D eigenvalue weighted by Crippen LogP contribution is -2.23. The summed E-state index contributed by atoms with van der Waals surface area (Å²) in [6, 6.07) is 8.79. The predicted molar refractivity (Wildman–Crippen MR) is 83.4 cm³/mol. The van der Waals surface area contributed by atoms with Crippen molar-refractivity contribution in [1.82, 2.24) is 25.1 Å². The number of hydrogen-bond acceptors (Lipinski definition) is 5. The second kappa shape index (κ2) is 6.45. The number of nitrogens with one attached hydrogen (secondary N) is 1. The molecular formula is C15H12ClN5O2. The van der Waals surface area contributed by atoms with Crippen LogP contribution in [0.5, 0.6) is 5.88 Å². The van der Waals surface area contributed by atoms with Gasteiger partial charge in [-0.05, 0) is 23.8 Å². The standard InChI is InChI=1S/C15H12ClN5O2/c16-11-4-2-10(3-5-11)8-17-13(22)12-9-18-15(20-14(12)23)21-7-1-6-19-21/h1-7,9H,8H2,(H,17,22)(H,18,20,23). The molecule has 1 amide bonds. The maximum absolute atomic E-state index is 12.1. The van der Waals surface area contributed by atoms with E-state index in [0.29, 0.717) is 11.6 Å². The summed E-state index contributed by atoms with van der Waals surface area (Å²) in [5.41, 5.74) is 0.881. The number of halogens is 1. The van der Waals surface area contributed by atoms with Gasteiger partial charge in [0.2, 0.25) is 5.88 Å². The Hall–Kier alpha value is -2.93. The summed E-state index contributed by atoms with van der Waals surface area (Å²) in [6.07, 6.45) is 4.46. The predicted octanol–water partition coefficient (Wildman–Crippen LogP) is 1.95. The number of aromatic hydroxyl groups is 1. The number of carbonyl (C=O) groups is 1. The highest BCUT2D eigenvalue weighted by Crippen LogP contribution is 2.14. The van der Waals surface area contributed by atoms with E-state index in [1.165, 1.54) is 10.9 Å². The van der Waals surface area contributed by atoms with Gasteiger partial charge in [0.1, 0.15) is 5.56 Å². The molecule has 0 saturated carbocycles. The van der Waals surface area contributed by atoms with E-state index in [4.69, 9.17) is 11.6 Å². The minimum absolute atomic E-state index is 0.00475. The van der Waals surface area contributed by atoms with Gasteiger partial charge in [-0.3, -0.25) is 4.79 Å². The van der Waals surface area contributed by atoms with Crippen molar-refractivity contribution in [3.05, 3.63) is 65.1 Å². The lowest BCUT2D eigenvalue weighted by molar-refractivity contribution is 0.0947. The number of amides is 1. The number of carbonyl (C=O) groups excluding carboxylic acids is 1. The highest BCUT2D eigenvalue weighted by atomic mass is 35.5. The third-order valence-corrected chi connectivity index (χ3v) is 3.33. The second-order valence-electron chi connectivity index (χ2n) is 4.67. The maximum atomic E-state index is 12.1. The molecule has 1 aromatic carbocycles. The number of hydrogen-bond donors (Lipinski definition) is 2. The first-order valence-corrected chi connectivity index (χ1v) is 7.10. The minimum atomic E-state index is -0.468. The molecule has 0 bridgehead atoms. The Morgan fingerprint density at radius 3 is 2.74 bits per heavy atom. The van der Waals surface area contributed by atoms with E-state index in [9.17, 15) is 9.90 Å². The van der Waals surface area contributed by atoms with Crippen LogP contribution in [-0.4, -0.2) is 30.8 Å². The van der Waals surface area contributed by atoms with Gasteiger partial charge in [0.25, 0.3) is 11.9 Å². The first kappa shape index (κ1) is 15.0. The molecule has 2 N–H and O–H groups in total. The van der Waals surface area contributed by atoms with Gasteiger partial charge in [-0.15, -0.1) is 0 Å². The zero-order valence-corrected chi connectivity index (χ0v) is 12.6. The molecule has 0 fully saturated rings. The monoisotopic (exact) mass is 329 g/mol. The number of aromatic nitrogens is 4. The van der Waals surface area contributed by atoms with E-state index in [0.717, 1.165) is 5.56 Å². The Kier molecular flexibility index (Phi) is 4.20. The Morgan fingerprint density at radius 1 is 1.30 bits per heavy atom. The average Bonchev–Trinajstić information content (AvgIpc) is 3.08. The highest BCUT2D eigenvalue weighted by molar-refractivity contribution is 6.30. The van der Waals surface area contributed by atoms with Crippen LogP contribution in [-0.2, 0) is 6.54 Å². The number of rotatable bonds is 4. The Bertz CT molecular complexity index is 818. The van der Waals surface area contributed by atoms with Crippen LogP contribution in [0.1, 0.15) is 15.9 Å². The Morgan fingerprint density at radius 2 is 2.09 bits per heavy atom. The van der Waals surface area contributed by atoms with Crippen LogP contribution >= 0.6 is 11.6 Å². The fraction of sp³-hybridized carbons (Fsp3) is 0.0667. The third kappa shape index (κ3) is 3.46. The molecule has 2 heterocycles. The Balaban J connectivity index is 1.71. The summed E-state index contributed by atoms with van der Waals surface area (Å²) in [5, 5.41) is 17.2. The maximum Gasteiger partial charge on any atom is 0.258 e. The first-order chi connectivity index (χ1) is 11.1. The van der Waals surface area contributed by atoms with Crippen LogP contribution in [0.3, 0.4) is 0 Å². The van der Waals surface area contributed by atoms with Gasteiger partial charge in [0.05, 0.1) is 0 Å². The van der Waals surface area contributed by atoms with E-state index >= 15 is 0 Å². The minimum Gasteiger partial charge on any atom is -0.493 e. The van der Waals surface area contributed by atoms with Crippen LogP contribution < -0.4 is 5.32 Å². The largest absolute Gasteiger partial charge is 0.493 e. The highest BCUT2D eigenvalue weighted by Gasteiger charge is 2.14. The molecule has 3 rings (SSSR count). The molecule has 7 nitrogen and oxygen atoms in total. The van der Waals surface area contributed by atoms with Crippen LogP contribution in [0.25, 0.3) is 5.95 Å². The van der Waals surface area contributed by atoms with Crippen molar-refractivity contribution in [2.75, 3.05) is 0 Å². The summed E-state index contributed by atoms with van der Waals surface area (Å²) in [4.78, 5) is 20.0. The summed E-state index contributed by atoms with van der Waals surface area (Å²) >= 11 is 5.80. The molecule has 0 aliphatic carbocycles. The van der Waals surface area contributed by atoms with Gasteiger partial charge < -0.3 is 10.4 Å². The molecule has 23 heavy (non-hydrogen) atoms. The number of nitrogens with zero attached hydrogens (tertiary/aromatic N) is 4. The molecule has 0 radical (unpaired) electrons. The zero-order chi connectivity index (χ0) is 16.2. The summed E-state index contributed by atoms with van der Waals surface area (Å²) < 4.78 is 1.38. The van der Waals surface area contributed by atoms with Crippen molar-refractivity contribution in [3.63, 3.8) is 0 Å². The molecule has 0 aliphatic rings. The van der Waals surface area contributed by atoms with Crippen LogP contribution in [0, 0.1) is 0 Å². The summed E-state index contributed by atoms with van der Waals surface area (Å²) in [5.74, 6) is -0.690.